The zero-order chi connectivity index (χ0) is 13.5. The normalized spacial score (nSPS) is 10.0. The van der Waals surface area contributed by atoms with Gasteiger partial charge < -0.3 is 20.1 Å². The molecule has 0 atom stereocenters. The van der Waals surface area contributed by atoms with Crippen LogP contribution in [0.3, 0.4) is 0 Å². The van der Waals surface area contributed by atoms with Crippen molar-refractivity contribution in [3.05, 3.63) is 23.8 Å². The monoisotopic (exact) mass is 252 g/mol. The topological polar surface area (TPSA) is 64.8 Å². The second-order valence-electron chi connectivity index (χ2n) is 4.03. The predicted octanol–water partition coefficient (Wildman–Crippen LogP) is 1.12. The third kappa shape index (κ3) is 3.37. The van der Waals surface area contributed by atoms with Gasteiger partial charge in [0, 0.05) is 14.1 Å². The minimum atomic E-state index is -0.114. The zero-order valence-electron chi connectivity index (χ0n) is 11.1. The third-order valence-electron chi connectivity index (χ3n) is 2.43. The lowest BCUT2D eigenvalue weighted by Gasteiger charge is -2.17. The molecule has 0 radical (unpaired) electrons. The first-order chi connectivity index (χ1) is 8.61. The minimum absolute atomic E-state index is 0.114. The van der Waals surface area contributed by atoms with E-state index in [-0.39, 0.29) is 5.91 Å². The van der Waals surface area contributed by atoms with Crippen molar-refractivity contribution in [1.29, 1.82) is 0 Å². The van der Waals surface area contributed by atoms with Crippen LogP contribution in [0.4, 0.5) is 0 Å². The molecule has 2 N–H and O–H groups in total. The average Bonchev–Trinajstić information content (AvgIpc) is 2.38. The number of hydrogen-bond acceptors (Lipinski definition) is 4. The molecule has 1 aromatic rings. The third-order valence-corrected chi connectivity index (χ3v) is 2.43. The Balaban J connectivity index is 3.04. The molecule has 100 valence electrons. The van der Waals surface area contributed by atoms with Crippen LogP contribution in [0.25, 0.3) is 0 Å². The molecule has 0 saturated heterocycles. The molecule has 0 heterocycles. The molecular formula is C13H20N2O3. The molecular weight excluding hydrogens is 232 g/mol. The molecule has 1 aromatic carbocycles. The zero-order valence-corrected chi connectivity index (χ0v) is 11.1. The van der Waals surface area contributed by atoms with Crippen LogP contribution in [0, 0.1) is 0 Å². The Bertz CT molecular complexity index is 405. The number of methoxy groups -OCH3 is 1. The molecule has 0 unspecified atom stereocenters. The second kappa shape index (κ2) is 6.86. The van der Waals surface area contributed by atoms with E-state index >= 15 is 0 Å². The van der Waals surface area contributed by atoms with E-state index in [4.69, 9.17) is 15.2 Å². The number of nitrogens with two attached hydrogens (primary N) is 1. The maximum absolute atomic E-state index is 12.0. The maximum Gasteiger partial charge on any atom is 0.257 e. The number of para-hydroxylation sites is 1. The molecule has 0 aliphatic carbocycles. The van der Waals surface area contributed by atoms with E-state index in [0.29, 0.717) is 30.2 Å². The molecule has 0 aliphatic heterocycles. The molecule has 18 heavy (non-hydrogen) atoms. The van der Waals surface area contributed by atoms with Gasteiger partial charge in [0.1, 0.15) is 0 Å². The van der Waals surface area contributed by atoms with Crippen LogP contribution in [-0.4, -0.2) is 45.2 Å². The first-order valence-corrected chi connectivity index (χ1v) is 5.83. The SMILES string of the molecule is COc1cccc(C(=O)N(C)C)c1OCCCN. The summed E-state index contributed by atoms with van der Waals surface area (Å²) in [6.45, 7) is 1.01. The van der Waals surface area contributed by atoms with Gasteiger partial charge in [0.15, 0.2) is 11.5 Å². The van der Waals surface area contributed by atoms with Crippen LogP contribution in [-0.2, 0) is 0 Å². The Labute approximate surface area is 107 Å². The quantitative estimate of drug-likeness (QED) is 0.771. The fourth-order valence-corrected chi connectivity index (χ4v) is 1.49. The molecule has 0 spiro atoms. The Morgan fingerprint density at radius 3 is 2.67 bits per heavy atom. The number of carbonyl (C=O) groups is 1. The first kappa shape index (κ1) is 14.3. The summed E-state index contributed by atoms with van der Waals surface area (Å²) in [5.74, 6) is 0.920. The van der Waals surface area contributed by atoms with Crippen LogP contribution in [0.5, 0.6) is 11.5 Å². The van der Waals surface area contributed by atoms with Crippen LogP contribution < -0.4 is 15.2 Å². The number of ether oxygens (including phenoxy) is 2. The molecule has 0 aliphatic rings. The Hall–Kier alpha value is -1.75. The lowest BCUT2D eigenvalue weighted by molar-refractivity contribution is 0.0822. The van der Waals surface area contributed by atoms with Gasteiger partial charge >= 0.3 is 0 Å². The van der Waals surface area contributed by atoms with Crippen LogP contribution in [0.15, 0.2) is 18.2 Å². The van der Waals surface area contributed by atoms with E-state index in [2.05, 4.69) is 0 Å². The van der Waals surface area contributed by atoms with Gasteiger partial charge in [-0.2, -0.15) is 0 Å². The van der Waals surface area contributed by atoms with Crippen molar-refractivity contribution in [3.8, 4) is 11.5 Å². The number of carbonyl (C=O) groups excluding carboxylic acids is 1. The smallest absolute Gasteiger partial charge is 0.257 e. The summed E-state index contributed by atoms with van der Waals surface area (Å²) >= 11 is 0. The standard InChI is InChI=1S/C13H20N2O3/c1-15(2)13(16)10-6-4-7-11(17-3)12(10)18-9-5-8-14/h4,6-7H,5,8-9,14H2,1-3H3. The van der Waals surface area contributed by atoms with E-state index in [1.807, 2.05) is 0 Å². The molecule has 1 amide bonds. The molecule has 0 fully saturated rings. The second-order valence-corrected chi connectivity index (χ2v) is 4.03. The molecule has 5 heteroatoms. The Morgan fingerprint density at radius 2 is 2.11 bits per heavy atom. The van der Waals surface area contributed by atoms with Crippen LogP contribution >= 0.6 is 0 Å². The van der Waals surface area contributed by atoms with E-state index in [1.54, 1.807) is 39.4 Å². The molecule has 0 saturated carbocycles. The highest BCUT2D eigenvalue weighted by Gasteiger charge is 2.18. The van der Waals surface area contributed by atoms with Crippen molar-refractivity contribution in [3.63, 3.8) is 0 Å². The summed E-state index contributed by atoms with van der Waals surface area (Å²) in [6, 6.07) is 5.26. The van der Waals surface area contributed by atoms with Crippen molar-refractivity contribution in [1.82, 2.24) is 4.90 Å². The summed E-state index contributed by atoms with van der Waals surface area (Å²) in [5, 5.41) is 0. The van der Waals surface area contributed by atoms with E-state index in [1.165, 1.54) is 4.90 Å². The van der Waals surface area contributed by atoms with Gasteiger partial charge in [0.2, 0.25) is 0 Å². The van der Waals surface area contributed by atoms with E-state index in [0.717, 1.165) is 6.42 Å². The van der Waals surface area contributed by atoms with Crippen molar-refractivity contribution < 1.29 is 14.3 Å². The highest BCUT2D eigenvalue weighted by molar-refractivity contribution is 5.97. The summed E-state index contributed by atoms with van der Waals surface area (Å²) in [4.78, 5) is 13.5. The van der Waals surface area contributed by atoms with Gasteiger partial charge in [-0.05, 0) is 25.1 Å². The fraction of sp³-hybridized carbons (Fsp3) is 0.462. The molecule has 1 rings (SSSR count). The number of amides is 1. The van der Waals surface area contributed by atoms with E-state index in [9.17, 15) is 4.79 Å². The maximum atomic E-state index is 12.0. The Kier molecular flexibility index (Phi) is 5.45. The number of benzene rings is 1. The molecule has 0 aromatic heterocycles. The summed E-state index contributed by atoms with van der Waals surface area (Å²) < 4.78 is 10.8. The predicted molar refractivity (Wildman–Crippen MR) is 70.2 cm³/mol. The van der Waals surface area contributed by atoms with Crippen molar-refractivity contribution >= 4 is 5.91 Å². The summed E-state index contributed by atoms with van der Waals surface area (Å²) in [6.07, 6.45) is 0.730. The largest absolute Gasteiger partial charge is 0.493 e. The number of hydrogen-bond donors (Lipinski definition) is 1. The highest BCUT2D eigenvalue weighted by Crippen LogP contribution is 2.31. The Morgan fingerprint density at radius 1 is 1.39 bits per heavy atom. The van der Waals surface area contributed by atoms with Gasteiger partial charge in [-0.25, -0.2) is 0 Å². The first-order valence-electron chi connectivity index (χ1n) is 5.83. The lowest BCUT2D eigenvalue weighted by atomic mass is 10.1. The number of nitrogens with zero attached hydrogens (tertiary/aromatic N) is 1. The molecule has 0 bridgehead atoms. The average molecular weight is 252 g/mol. The van der Waals surface area contributed by atoms with E-state index < -0.39 is 0 Å². The van der Waals surface area contributed by atoms with Crippen molar-refractivity contribution in [2.75, 3.05) is 34.4 Å². The van der Waals surface area contributed by atoms with Gasteiger partial charge in [-0.15, -0.1) is 0 Å². The van der Waals surface area contributed by atoms with Gasteiger partial charge in [0.05, 0.1) is 19.3 Å². The van der Waals surface area contributed by atoms with Crippen molar-refractivity contribution in [2.24, 2.45) is 5.73 Å². The molecule has 5 nitrogen and oxygen atoms in total. The summed E-state index contributed by atoms with van der Waals surface area (Å²) in [5.41, 5.74) is 5.92. The van der Waals surface area contributed by atoms with Crippen LogP contribution in [0.1, 0.15) is 16.8 Å². The minimum Gasteiger partial charge on any atom is -0.493 e. The number of rotatable bonds is 6. The van der Waals surface area contributed by atoms with Crippen molar-refractivity contribution in [2.45, 2.75) is 6.42 Å². The van der Waals surface area contributed by atoms with Crippen LogP contribution in [0.2, 0.25) is 0 Å². The fourth-order valence-electron chi connectivity index (χ4n) is 1.49. The summed E-state index contributed by atoms with van der Waals surface area (Å²) in [7, 11) is 4.95. The lowest BCUT2D eigenvalue weighted by Crippen LogP contribution is -2.22. The highest BCUT2D eigenvalue weighted by atomic mass is 16.5. The van der Waals surface area contributed by atoms with Gasteiger partial charge in [0.25, 0.3) is 5.91 Å². The van der Waals surface area contributed by atoms with Gasteiger partial charge in [-0.1, -0.05) is 6.07 Å². The van der Waals surface area contributed by atoms with Gasteiger partial charge in [-0.3, -0.25) is 4.79 Å².